The summed E-state index contributed by atoms with van der Waals surface area (Å²) in [7, 11) is 0. The van der Waals surface area contributed by atoms with Crippen LogP contribution in [0.15, 0.2) is 54.6 Å². The molecule has 4 heteroatoms. The van der Waals surface area contributed by atoms with E-state index in [1.807, 2.05) is 54.6 Å². The van der Waals surface area contributed by atoms with Gasteiger partial charge in [0.25, 0.3) is 0 Å². The van der Waals surface area contributed by atoms with Gasteiger partial charge in [-0.2, -0.15) is 0 Å². The maximum Gasteiger partial charge on any atom is 0.394 e. The first-order valence-electron chi connectivity index (χ1n) is 9.27. The van der Waals surface area contributed by atoms with E-state index in [0.29, 0.717) is 12.2 Å². The fourth-order valence-electron chi connectivity index (χ4n) is 3.15. The van der Waals surface area contributed by atoms with Crippen molar-refractivity contribution in [2.24, 2.45) is 5.92 Å². The molecule has 2 aromatic carbocycles. The minimum atomic E-state index is -1.42. The van der Waals surface area contributed by atoms with Gasteiger partial charge in [-0.25, -0.2) is 4.79 Å². The van der Waals surface area contributed by atoms with Crippen molar-refractivity contribution in [2.75, 3.05) is 11.4 Å². The van der Waals surface area contributed by atoms with Crippen LogP contribution in [0.2, 0.25) is 0 Å². The smallest absolute Gasteiger partial charge is 0.394 e. The number of nitrogens with zero attached hydrogens (tertiary/aromatic N) is 1. The summed E-state index contributed by atoms with van der Waals surface area (Å²) in [6.45, 7) is 4.65. The number of carbonyl (C=O) groups excluding carboxylic acids is 1. The van der Waals surface area contributed by atoms with E-state index in [4.69, 9.17) is 0 Å². The lowest BCUT2D eigenvalue weighted by molar-refractivity contribution is -0.148. The number of carboxylic acid groups (broad SMARTS) is 1. The van der Waals surface area contributed by atoms with Crippen molar-refractivity contribution < 1.29 is 14.7 Å². The Morgan fingerprint density at radius 2 is 1.65 bits per heavy atom. The molecule has 0 bridgehead atoms. The van der Waals surface area contributed by atoms with Gasteiger partial charge >= 0.3 is 11.9 Å². The Morgan fingerprint density at radius 3 is 2.27 bits per heavy atom. The van der Waals surface area contributed by atoms with Crippen LogP contribution >= 0.6 is 0 Å². The zero-order valence-electron chi connectivity index (χ0n) is 15.5. The molecule has 26 heavy (non-hydrogen) atoms. The predicted octanol–water partition coefficient (Wildman–Crippen LogP) is 4.99. The lowest BCUT2D eigenvalue weighted by atomic mass is 9.97. The van der Waals surface area contributed by atoms with Gasteiger partial charge in [-0.3, -0.25) is 4.79 Å². The third-order valence-electron chi connectivity index (χ3n) is 4.69. The Labute approximate surface area is 155 Å². The van der Waals surface area contributed by atoms with Gasteiger partial charge in [0, 0.05) is 12.1 Å². The summed E-state index contributed by atoms with van der Waals surface area (Å²) in [4.78, 5) is 25.4. The molecule has 2 aromatic rings. The molecule has 0 saturated heterocycles. The monoisotopic (exact) mass is 353 g/mol. The summed E-state index contributed by atoms with van der Waals surface area (Å²) in [5, 5.41) is 9.35. The number of aliphatic carboxylic acids is 1. The highest BCUT2D eigenvalue weighted by Crippen LogP contribution is 2.32. The number of carbonyl (C=O) groups is 2. The second-order valence-electron chi connectivity index (χ2n) is 6.52. The van der Waals surface area contributed by atoms with Crippen molar-refractivity contribution in [3.63, 3.8) is 0 Å². The molecule has 138 valence electrons. The van der Waals surface area contributed by atoms with Crippen LogP contribution in [-0.4, -0.2) is 23.5 Å². The van der Waals surface area contributed by atoms with E-state index < -0.39 is 11.9 Å². The minimum absolute atomic E-state index is 0.280. The van der Waals surface area contributed by atoms with Gasteiger partial charge in [-0.15, -0.1) is 0 Å². The Kier molecular flexibility index (Phi) is 7.39. The molecule has 0 spiro atoms. The quantitative estimate of drug-likeness (QED) is 0.680. The third kappa shape index (κ3) is 4.94. The van der Waals surface area contributed by atoms with Crippen LogP contribution in [0.4, 0.5) is 5.69 Å². The normalized spacial score (nSPS) is 11.8. The number of unbranched alkanes of at least 4 members (excludes halogenated alkanes) is 1. The minimum Gasteiger partial charge on any atom is -0.474 e. The van der Waals surface area contributed by atoms with Crippen molar-refractivity contribution in [1.29, 1.82) is 0 Å². The Morgan fingerprint density at radius 1 is 1.00 bits per heavy atom. The van der Waals surface area contributed by atoms with Gasteiger partial charge in [0.05, 0.1) is 5.69 Å². The maximum atomic E-state index is 12.5. The molecule has 1 atom stereocenters. The second kappa shape index (κ2) is 9.76. The van der Waals surface area contributed by atoms with Gasteiger partial charge < -0.3 is 10.0 Å². The first-order valence-corrected chi connectivity index (χ1v) is 9.27. The lowest BCUT2D eigenvalue weighted by Gasteiger charge is -2.28. The van der Waals surface area contributed by atoms with Crippen LogP contribution in [0, 0.1) is 5.92 Å². The van der Waals surface area contributed by atoms with E-state index in [9.17, 15) is 14.7 Å². The Bertz CT molecular complexity index is 727. The van der Waals surface area contributed by atoms with Gasteiger partial charge in [-0.1, -0.05) is 81.6 Å². The molecule has 0 aliphatic heterocycles. The molecule has 4 nitrogen and oxygen atoms in total. The molecular formula is C22H27NO3. The number of para-hydroxylation sites is 1. The fraction of sp³-hybridized carbons (Fsp3) is 0.364. The van der Waals surface area contributed by atoms with Gasteiger partial charge in [0.1, 0.15) is 0 Å². The highest BCUT2D eigenvalue weighted by Gasteiger charge is 2.27. The van der Waals surface area contributed by atoms with Crippen LogP contribution < -0.4 is 4.90 Å². The van der Waals surface area contributed by atoms with Crippen molar-refractivity contribution in [2.45, 2.75) is 39.5 Å². The fourth-order valence-corrected chi connectivity index (χ4v) is 3.15. The van der Waals surface area contributed by atoms with Crippen LogP contribution in [0.1, 0.15) is 39.5 Å². The van der Waals surface area contributed by atoms with Crippen LogP contribution in [0.25, 0.3) is 11.1 Å². The summed E-state index contributed by atoms with van der Waals surface area (Å²) >= 11 is 0. The molecule has 1 unspecified atom stereocenters. The highest BCUT2D eigenvalue weighted by atomic mass is 16.4. The Balaban J connectivity index is 2.43. The number of amides is 1. The van der Waals surface area contributed by atoms with Crippen molar-refractivity contribution >= 4 is 17.6 Å². The summed E-state index contributed by atoms with van der Waals surface area (Å²) in [6.07, 6.45) is 4.07. The van der Waals surface area contributed by atoms with Crippen molar-refractivity contribution in [1.82, 2.24) is 0 Å². The average Bonchev–Trinajstić information content (AvgIpc) is 2.68. The molecule has 0 aliphatic carbocycles. The number of hydrogen-bond acceptors (Lipinski definition) is 2. The number of anilines is 1. The maximum absolute atomic E-state index is 12.5. The average molecular weight is 353 g/mol. The zero-order valence-corrected chi connectivity index (χ0v) is 15.5. The van der Waals surface area contributed by atoms with E-state index in [-0.39, 0.29) is 5.92 Å². The molecule has 0 fully saturated rings. The number of rotatable bonds is 8. The lowest BCUT2D eigenvalue weighted by Crippen LogP contribution is -2.40. The number of benzene rings is 2. The molecule has 1 amide bonds. The number of hydrogen-bond donors (Lipinski definition) is 1. The first kappa shape index (κ1) is 19.7. The van der Waals surface area contributed by atoms with Crippen molar-refractivity contribution in [3.8, 4) is 11.1 Å². The zero-order chi connectivity index (χ0) is 18.9. The standard InChI is InChI=1S/C22H27NO3/c1-3-5-11-17(4-2)16-23(21(24)22(25)26)20-15-10-9-14-19(20)18-12-7-6-8-13-18/h6-10,12-15,17H,3-5,11,16H2,1-2H3,(H,25,26). The van der Waals surface area contributed by atoms with Gasteiger partial charge in [0.2, 0.25) is 0 Å². The summed E-state index contributed by atoms with van der Waals surface area (Å²) in [5.74, 6) is -2.01. The van der Waals surface area contributed by atoms with E-state index in [1.165, 1.54) is 4.90 Å². The SMILES string of the molecule is CCCCC(CC)CN(C(=O)C(=O)O)c1ccccc1-c1ccccc1. The molecule has 0 radical (unpaired) electrons. The van der Waals surface area contributed by atoms with Crippen LogP contribution in [0.5, 0.6) is 0 Å². The molecule has 0 saturated carbocycles. The van der Waals surface area contributed by atoms with Gasteiger partial charge in [0.15, 0.2) is 0 Å². The van der Waals surface area contributed by atoms with E-state index >= 15 is 0 Å². The second-order valence-corrected chi connectivity index (χ2v) is 6.52. The Hall–Kier alpha value is -2.62. The molecule has 1 N–H and O–H groups in total. The number of carboxylic acids is 1. The third-order valence-corrected chi connectivity index (χ3v) is 4.69. The topological polar surface area (TPSA) is 57.6 Å². The molecular weight excluding hydrogens is 326 g/mol. The van der Waals surface area contributed by atoms with Crippen molar-refractivity contribution in [3.05, 3.63) is 54.6 Å². The molecule has 0 aromatic heterocycles. The largest absolute Gasteiger partial charge is 0.474 e. The van der Waals surface area contributed by atoms with Crippen LogP contribution in [0.3, 0.4) is 0 Å². The summed E-state index contributed by atoms with van der Waals surface area (Å²) < 4.78 is 0. The van der Waals surface area contributed by atoms with Crippen LogP contribution in [-0.2, 0) is 9.59 Å². The molecule has 0 heterocycles. The summed E-state index contributed by atoms with van der Waals surface area (Å²) in [6, 6.07) is 17.3. The predicted molar refractivity (Wildman–Crippen MR) is 105 cm³/mol. The van der Waals surface area contributed by atoms with E-state index in [1.54, 1.807) is 0 Å². The first-order chi connectivity index (χ1) is 12.6. The van der Waals surface area contributed by atoms with Gasteiger partial charge in [-0.05, 0) is 24.0 Å². The van der Waals surface area contributed by atoms with E-state index in [0.717, 1.165) is 36.8 Å². The molecule has 0 aliphatic rings. The summed E-state index contributed by atoms with van der Waals surface area (Å²) in [5.41, 5.74) is 2.49. The van der Waals surface area contributed by atoms with E-state index in [2.05, 4.69) is 13.8 Å². The molecule has 2 rings (SSSR count). The highest BCUT2D eigenvalue weighted by molar-refractivity contribution is 6.37.